The normalized spacial score (nSPS) is 10.3. The van der Waals surface area contributed by atoms with Crippen LogP contribution in [0.15, 0.2) is 54.7 Å². The van der Waals surface area contributed by atoms with Crippen LogP contribution in [0.25, 0.3) is 6.08 Å². The summed E-state index contributed by atoms with van der Waals surface area (Å²) in [6.07, 6.45) is 5.12. The Labute approximate surface area is 152 Å². The molecule has 6 heteroatoms. The van der Waals surface area contributed by atoms with Crippen LogP contribution in [0.5, 0.6) is 0 Å². The van der Waals surface area contributed by atoms with Crippen molar-refractivity contribution in [3.63, 3.8) is 0 Å². The molecular weight excluding hydrogens is 328 g/mol. The number of hydrogen-bond donors (Lipinski definition) is 1. The van der Waals surface area contributed by atoms with Gasteiger partial charge in [-0.25, -0.2) is 0 Å². The number of hydrogen-bond acceptors (Lipinski definition) is 4. The lowest BCUT2D eigenvalue weighted by atomic mass is 10.2. The van der Waals surface area contributed by atoms with Crippen molar-refractivity contribution in [1.29, 1.82) is 5.26 Å². The van der Waals surface area contributed by atoms with Crippen molar-refractivity contribution >= 4 is 23.6 Å². The maximum atomic E-state index is 12.5. The summed E-state index contributed by atoms with van der Waals surface area (Å²) in [4.78, 5) is 29.3. The van der Waals surface area contributed by atoms with Crippen LogP contribution in [-0.2, 0) is 16.1 Å². The molecule has 0 spiro atoms. The molecule has 26 heavy (non-hydrogen) atoms. The van der Waals surface area contributed by atoms with Crippen LogP contribution in [0.1, 0.15) is 24.6 Å². The van der Waals surface area contributed by atoms with Crippen LogP contribution in [0.4, 0.5) is 5.69 Å². The molecule has 0 saturated carbocycles. The van der Waals surface area contributed by atoms with Crippen molar-refractivity contribution in [2.24, 2.45) is 0 Å². The minimum absolute atomic E-state index is 0.133. The fourth-order valence-electron chi connectivity index (χ4n) is 2.29. The quantitative estimate of drug-likeness (QED) is 0.779. The zero-order chi connectivity index (χ0) is 18.8. The standard InChI is InChI=1S/C20H20N4O2/c1-16(25)23-18-9-6-17(7-10-18)8-11-20(26)24(14-4-12-21)15-19-5-2-3-13-22-19/h2-3,5-11,13H,4,14-15H2,1H3,(H,23,25). The minimum Gasteiger partial charge on any atom is -0.332 e. The van der Waals surface area contributed by atoms with Gasteiger partial charge in [0.2, 0.25) is 11.8 Å². The first-order chi connectivity index (χ1) is 12.6. The summed E-state index contributed by atoms with van der Waals surface area (Å²) in [5.41, 5.74) is 2.31. The molecule has 0 saturated heterocycles. The Kier molecular flexibility index (Phi) is 7.07. The maximum Gasteiger partial charge on any atom is 0.246 e. The molecule has 1 aromatic carbocycles. The monoisotopic (exact) mass is 348 g/mol. The third-order valence-electron chi connectivity index (χ3n) is 3.53. The molecular formula is C20H20N4O2. The van der Waals surface area contributed by atoms with Crippen LogP contribution < -0.4 is 5.32 Å². The fraction of sp³-hybridized carbons (Fsp3) is 0.200. The predicted octanol–water partition coefficient (Wildman–Crippen LogP) is 3.00. The molecule has 0 aliphatic heterocycles. The summed E-state index contributed by atoms with van der Waals surface area (Å²) in [6, 6.07) is 14.8. The second-order valence-corrected chi connectivity index (χ2v) is 5.63. The molecule has 1 aromatic heterocycles. The zero-order valence-electron chi connectivity index (χ0n) is 14.6. The molecule has 6 nitrogen and oxygen atoms in total. The maximum absolute atomic E-state index is 12.5. The van der Waals surface area contributed by atoms with Gasteiger partial charge in [-0.15, -0.1) is 0 Å². The van der Waals surface area contributed by atoms with Gasteiger partial charge in [0.05, 0.1) is 24.7 Å². The number of nitrogens with one attached hydrogen (secondary N) is 1. The van der Waals surface area contributed by atoms with Crippen LogP contribution in [0.2, 0.25) is 0 Å². The Bertz CT molecular complexity index is 808. The van der Waals surface area contributed by atoms with Gasteiger partial charge in [-0.3, -0.25) is 14.6 Å². The molecule has 1 N–H and O–H groups in total. The SMILES string of the molecule is CC(=O)Nc1ccc(C=CC(=O)N(CCC#N)Cc2ccccn2)cc1. The number of nitrogens with zero attached hydrogens (tertiary/aromatic N) is 3. The number of aromatic nitrogens is 1. The number of benzene rings is 1. The molecule has 0 radical (unpaired) electrons. The van der Waals surface area contributed by atoms with Crippen molar-refractivity contribution in [2.75, 3.05) is 11.9 Å². The van der Waals surface area contributed by atoms with Crippen LogP contribution in [0, 0.1) is 11.3 Å². The zero-order valence-corrected chi connectivity index (χ0v) is 14.6. The average Bonchev–Trinajstić information content (AvgIpc) is 2.64. The third kappa shape index (κ3) is 6.21. The summed E-state index contributed by atoms with van der Waals surface area (Å²) >= 11 is 0. The summed E-state index contributed by atoms with van der Waals surface area (Å²) in [5.74, 6) is -0.317. The number of anilines is 1. The summed E-state index contributed by atoms with van der Waals surface area (Å²) < 4.78 is 0. The number of nitriles is 1. The second kappa shape index (κ2) is 9.74. The van der Waals surface area contributed by atoms with E-state index < -0.39 is 0 Å². The van der Waals surface area contributed by atoms with E-state index in [4.69, 9.17) is 5.26 Å². The summed E-state index contributed by atoms with van der Waals surface area (Å²) in [7, 11) is 0. The Balaban J connectivity index is 2.04. The van der Waals surface area contributed by atoms with Crippen molar-refractivity contribution in [3.05, 3.63) is 66.0 Å². The molecule has 0 atom stereocenters. The predicted molar refractivity (Wildman–Crippen MR) is 99.7 cm³/mol. The topological polar surface area (TPSA) is 86.1 Å². The minimum atomic E-state index is -0.183. The highest BCUT2D eigenvalue weighted by Gasteiger charge is 2.11. The van der Waals surface area contributed by atoms with E-state index in [0.29, 0.717) is 18.8 Å². The van der Waals surface area contributed by atoms with Crippen molar-refractivity contribution < 1.29 is 9.59 Å². The van der Waals surface area contributed by atoms with Gasteiger partial charge in [-0.05, 0) is 35.9 Å². The molecule has 0 fully saturated rings. The molecule has 0 bridgehead atoms. The first kappa shape index (κ1) is 18.9. The van der Waals surface area contributed by atoms with Crippen molar-refractivity contribution in [3.8, 4) is 6.07 Å². The fourth-order valence-corrected chi connectivity index (χ4v) is 2.29. The van der Waals surface area contributed by atoms with Gasteiger partial charge in [-0.1, -0.05) is 18.2 Å². The lowest BCUT2D eigenvalue weighted by molar-refractivity contribution is -0.126. The van der Waals surface area contributed by atoms with E-state index in [1.165, 1.54) is 13.0 Å². The van der Waals surface area contributed by atoms with Gasteiger partial charge >= 0.3 is 0 Å². The van der Waals surface area contributed by atoms with Crippen LogP contribution >= 0.6 is 0 Å². The number of carbonyl (C=O) groups is 2. The van der Waals surface area contributed by atoms with Crippen molar-refractivity contribution in [2.45, 2.75) is 19.9 Å². The number of rotatable bonds is 7. The van der Waals surface area contributed by atoms with E-state index in [1.54, 1.807) is 29.3 Å². The number of carbonyl (C=O) groups excluding carboxylic acids is 2. The third-order valence-corrected chi connectivity index (χ3v) is 3.53. The number of amides is 2. The first-order valence-electron chi connectivity index (χ1n) is 8.20. The van der Waals surface area contributed by atoms with E-state index in [9.17, 15) is 9.59 Å². The van der Waals surface area contributed by atoms with Gasteiger partial charge in [0.15, 0.2) is 0 Å². The van der Waals surface area contributed by atoms with Crippen molar-refractivity contribution in [1.82, 2.24) is 9.88 Å². The number of pyridine rings is 1. The van der Waals surface area contributed by atoms with E-state index in [0.717, 1.165) is 11.3 Å². The summed E-state index contributed by atoms with van der Waals surface area (Å²) in [6.45, 7) is 2.15. The van der Waals surface area contributed by atoms with E-state index in [-0.39, 0.29) is 18.2 Å². The van der Waals surface area contributed by atoms with E-state index in [1.807, 2.05) is 30.3 Å². The molecule has 132 valence electrons. The Morgan fingerprint density at radius 3 is 2.62 bits per heavy atom. The molecule has 0 aliphatic carbocycles. The summed E-state index contributed by atoms with van der Waals surface area (Å²) in [5, 5.41) is 11.5. The van der Waals surface area contributed by atoms with E-state index in [2.05, 4.69) is 16.4 Å². The van der Waals surface area contributed by atoms with Gasteiger partial charge in [0.25, 0.3) is 0 Å². The molecule has 0 aliphatic rings. The van der Waals surface area contributed by atoms with Gasteiger partial charge < -0.3 is 10.2 Å². The molecule has 0 unspecified atom stereocenters. The highest BCUT2D eigenvalue weighted by Crippen LogP contribution is 2.11. The largest absolute Gasteiger partial charge is 0.332 e. The van der Waals surface area contributed by atoms with Crippen LogP contribution in [-0.4, -0.2) is 28.2 Å². The Morgan fingerprint density at radius 2 is 2.00 bits per heavy atom. The molecule has 2 aromatic rings. The Morgan fingerprint density at radius 1 is 1.23 bits per heavy atom. The molecule has 1 heterocycles. The highest BCUT2D eigenvalue weighted by atomic mass is 16.2. The first-order valence-corrected chi connectivity index (χ1v) is 8.20. The second-order valence-electron chi connectivity index (χ2n) is 5.63. The lowest BCUT2D eigenvalue weighted by Crippen LogP contribution is -2.30. The van der Waals surface area contributed by atoms with Gasteiger partial charge in [0.1, 0.15) is 0 Å². The Hall–Kier alpha value is -3.46. The van der Waals surface area contributed by atoms with Crippen LogP contribution in [0.3, 0.4) is 0 Å². The highest BCUT2D eigenvalue weighted by molar-refractivity contribution is 5.92. The molecule has 2 amide bonds. The lowest BCUT2D eigenvalue weighted by Gasteiger charge is -2.19. The van der Waals surface area contributed by atoms with E-state index >= 15 is 0 Å². The smallest absolute Gasteiger partial charge is 0.246 e. The molecule has 2 rings (SSSR count). The van der Waals surface area contributed by atoms with Gasteiger partial charge in [-0.2, -0.15) is 5.26 Å². The average molecular weight is 348 g/mol. The van der Waals surface area contributed by atoms with Gasteiger partial charge in [0, 0.05) is 31.4 Å².